The van der Waals surface area contributed by atoms with Crippen LogP contribution < -0.4 is 5.32 Å². The minimum atomic E-state index is -0.210. The van der Waals surface area contributed by atoms with Gasteiger partial charge in [0, 0.05) is 12.1 Å². The van der Waals surface area contributed by atoms with Gasteiger partial charge in [0.15, 0.2) is 0 Å². The van der Waals surface area contributed by atoms with Gasteiger partial charge in [-0.3, -0.25) is 0 Å². The van der Waals surface area contributed by atoms with Gasteiger partial charge >= 0.3 is 0 Å². The molecule has 0 aliphatic carbocycles. The summed E-state index contributed by atoms with van der Waals surface area (Å²) in [6.07, 6.45) is 0.881. The summed E-state index contributed by atoms with van der Waals surface area (Å²) in [5.74, 6) is 0.0761. The minimum Gasteiger partial charge on any atom is -0.508 e. The summed E-state index contributed by atoms with van der Waals surface area (Å²) in [6, 6.07) is 14.3. The van der Waals surface area contributed by atoms with Gasteiger partial charge in [-0.2, -0.15) is 0 Å². The number of phenols is 1. The predicted molar refractivity (Wildman–Crippen MR) is 79.2 cm³/mol. The average Bonchev–Trinajstić information content (AvgIpc) is 2.42. The Hall–Kier alpha value is -1.87. The smallest absolute Gasteiger partial charge is 0.123 e. The van der Waals surface area contributed by atoms with E-state index in [-0.39, 0.29) is 17.6 Å². The van der Waals surface area contributed by atoms with Crippen molar-refractivity contribution in [2.75, 3.05) is 0 Å². The standard InChI is InChI=1S/C17H20FNO/c1-12(11-14-3-9-17(20)10-4-14)19-13(2)15-5-7-16(18)8-6-15/h3-10,12-13,19-20H,11H2,1-2H3/t12?,13-/m1/s1. The molecule has 0 aliphatic rings. The summed E-state index contributed by atoms with van der Waals surface area (Å²) in [4.78, 5) is 0. The molecular formula is C17H20FNO. The number of rotatable bonds is 5. The number of aromatic hydroxyl groups is 1. The van der Waals surface area contributed by atoms with Crippen LogP contribution in [-0.4, -0.2) is 11.1 Å². The minimum absolute atomic E-state index is 0.169. The van der Waals surface area contributed by atoms with Crippen LogP contribution in [0.25, 0.3) is 0 Å². The molecule has 2 atom stereocenters. The fourth-order valence-electron chi connectivity index (χ4n) is 2.32. The first-order chi connectivity index (χ1) is 9.54. The van der Waals surface area contributed by atoms with E-state index in [0.29, 0.717) is 6.04 Å². The molecule has 0 saturated carbocycles. The Kier molecular flexibility index (Phi) is 4.74. The Morgan fingerprint density at radius 3 is 2.20 bits per heavy atom. The van der Waals surface area contributed by atoms with Gasteiger partial charge in [0.2, 0.25) is 0 Å². The van der Waals surface area contributed by atoms with Crippen LogP contribution in [0, 0.1) is 5.82 Å². The van der Waals surface area contributed by atoms with Crippen molar-refractivity contribution >= 4 is 0 Å². The molecule has 2 aromatic carbocycles. The molecule has 2 N–H and O–H groups in total. The molecule has 0 heterocycles. The summed E-state index contributed by atoms with van der Waals surface area (Å²) in [5.41, 5.74) is 2.25. The number of hydrogen-bond donors (Lipinski definition) is 2. The van der Waals surface area contributed by atoms with E-state index in [2.05, 4.69) is 19.2 Å². The third-order valence-electron chi connectivity index (χ3n) is 3.38. The van der Waals surface area contributed by atoms with Crippen molar-refractivity contribution in [3.63, 3.8) is 0 Å². The van der Waals surface area contributed by atoms with Crippen LogP contribution in [0.4, 0.5) is 4.39 Å². The first kappa shape index (κ1) is 14.5. The monoisotopic (exact) mass is 273 g/mol. The Morgan fingerprint density at radius 1 is 1.00 bits per heavy atom. The van der Waals surface area contributed by atoms with Gasteiger partial charge in [0.25, 0.3) is 0 Å². The molecule has 0 bridgehead atoms. The second-order valence-electron chi connectivity index (χ2n) is 5.21. The Bertz CT molecular complexity index is 536. The molecule has 20 heavy (non-hydrogen) atoms. The molecular weight excluding hydrogens is 253 g/mol. The quantitative estimate of drug-likeness (QED) is 0.868. The highest BCUT2D eigenvalue weighted by Crippen LogP contribution is 2.16. The van der Waals surface area contributed by atoms with E-state index in [1.165, 1.54) is 17.7 Å². The molecule has 0 fully saturated rings. The summed E-state index contributed by atoms with van der Waals surface area (Å²) in [7, 11) is 0. The van der Waals surface area contributed by atoms with E-state index in [0.717, 1.165) is 12.0 Å². The molecule has 3 heteroatoms. The summed E-state index contributed by atoms with van der Waals surface area (Å²) in [6.45, 7) is 4.19. The molecule has 2 rings (SSSR count). The number of benzene rings is 2. The lowest BCUT2D eigenvalue weighted by Crippen LogP contribution is -2.30. The van der Waals surface area contributed by atoms with E-state index in [1.54, 1.807) is 24.3 Å². The van der Waals surface area contributed by atoms with Crippen LogP contribution in [0.1, 0.15) is 31.0 Å². The molecule has 0 radical (unpaired) electrons. The van der Waals surface area contributed by atoms with Crippen LogP contribution in [0.3, 0.4) is 0 Å². The Labute approximate surface area is 119 Å². The predicted octanol–water partition coefficient (Wildman–Crippen LogP) is 3.81. The normalized spacial score (nSPS) is 13.9. The topological polar surface area (TPSA) is 32.3 Å². The molecule has 2 nitrogen and oxygen atoms in total. The summed E-state index contributed by atoms with van der Waals surface area (Å²) >= 11 is 0. The highest BCUT2D eigenvalue weighted by atomic mass is 19.1. The maximum Gasteiger partial charge on any atom is 0.123 e. The second kappa shape index (κ2) is 6.53. The average molecular weight is 273 g/mol. The van der Waals surface area contributed by atoms with Crippen molar-refractivity contribution in [1.82, 2.24) is 5.32 Å². The van der Waals surface area contributed by atoms with Gasteiger partial charge in [0.05, 0.1) is 0 Å². The lowest BCUT2D eigenvalue weighted by molar-refractivity contribution is 0.470. The first-order valence-corrected chi connectivity index (χ1v) is 6.84. The van der Waals surface area contributed by atoms with Gasteiger partial charge in [-0.25, -0.2) is 4.39 Å². The van der Waals surface area contributed by atoms with E-state index in [4.69, 9.17) is 0 Å². The lowest BCUT2D eigenvalue weighted by Gasteiger charge is -2.20. The molecule has 2 aromatic rings. The van der Waals surface area contributed by atoms with Crippen molar-refractivity contribution < 1.29 is 9.50 Å². The van der Waals surface area contributed by atoms with Crippen LogP contribution in [-0.2, 0) is 6.42 Å². The largest absolute Gasteiger partial charge is 0.508 e. The first-order valence-electron chi connectivity index (χ1n) is 6.84. The zero-order valence-electron chi connectivity index (χ0n) is 11.8. The van der Waals surface area contributed by atoms with E-state index in [9.17, 15) is 9.50 Å². The summed E-state index contributed by atoms with van der Waals surface area (Å²) in [5, 5.41) is 12.8. The van der Waals surface area contributed by atoms with E-state index >= 15 is 0 Å². The van der Waals surface area contributed by atoms with Crippen LogP contribution in [0.5, 0.6) is 5.75 Å². The van der Waals surface area contributed by atoms with E-state index in [1.807, 2.05) is 12.1 Å². The van der Waals surface area contributed by atoms with Crippen molar-refractivity contribution in [1.29, 1.82) is 0 Å². The lowest BCUT2D eigenvalue weighted by atomic mass is 10.0. The summed E-state index contributed by atoms with van der Waals surface area (Å²) < 4.78 is 12.9. The molecule has 1 unspecified atom stereocenters. The number of hydrogen-bond acceptors (Lipinski definition) is 2. The van der Waals surface area contributed by atoms with Crippen molar-refractivity contribution in [2.45, 2.75) is 32.4 Å². The number of phenolic OH excluding ortho intramolecular Hbond substituents is 1. The maximum atomic E-state index is 12.9. The van der Waals surface area contributed by atoms with Crippen LogP contribution in [0.2, 0.25) is 0 Å². The molecule has 0 aliphatic heterocycles. The number of nitrogens with one attached hydrogen (secondary N) is 1. The van der Waals surface area contributed by atoms with Crippen molar-refractivity contribution in [2.24, 2.45) is 0 Å². The molecule has 0 aromatic heterocycles. The molecule has 0 spiro atoms. The van der Waals surface area contributed by atoms with Gasteiger partial charge in [-0.15, -0.1) is 0 Å². The maximum absolute atomic E-state index is 12.9. The van der Waals surface area contributed by atoms with Crippen molar-refractivity contribution in [3.05, 3.63) is 65.5 Å². The van der Waals surface area contributed by atoms with Crippen LogP contribution >= 0.6 is 0 Å². The third kappa shape index (κ3) is 4.07. The Morgan fingerprint density at radius 2 is 1.60 bits per heavy atom. The highest BCUT2D eigenvalue weighted by molar-refractivity contribution is 5.26. The zero-order valence-corrected chi connectivity index (χ0v) is 11.8. The van der Waals surface area contributed by atoms with Gasteiger partial charge in [0.1, 0.15) is 11.6 Å². The zero-order chi connectivity index (χ0) is 14.5. The SMILES string of the molecule is CC(Cc1ccc(O)cc1)N[C@H](C)c1ccc(F)cc1. The van der Waals surface area contributed by atoms with Crippen LogP contribution in [0.15, 0.2) is 48.5 Å². The molecule has 0 saturated heterocycles. The number of halogens is 1. The van der Waals surface area contributed by atoms with Gasteiger partial charge < -0.3 is 10.4 Å². The molecule has 106 valence electrons. The van der Waals surface area contributed by atoms with Gasteiger partial charge in [-0.05, 0) is 55.7 Å². The van der Waals surface area contributed by atoms with Gasteiger partial charge in [-0.1, -0.05) is 24.3 Å². The second-order valence-corrected chi connectivity index (χ2v) is 5.21. The highest BCUT2D eigenvalue weighted by Gasteiger charge is 2.10. The fraction of sp³-hybridized carbons (Fsp3) is 0.294. The Balaban J connectivity index is 1.92. The van der Waals surface area contributed by atoms with Crippen molar-refractivity contribution in [3.8, 4) is 5.75 Å². The van der Waals surface area contributed by atoms with E-state index < -0.39 is 0 Å². The fourth-order valence-corrected chi connectivity index (χ4v) is 2.32. The third-order valence-corrected chi connectivity index (χ3v) is 3.38. The molecule has 0 amide bonds.